The number of carbonyl (C=O) groups excluding carboxylic acids is 2. The lowest BCUT2D eigenvalue weighted by Gasteiger charge is -2.66. The summed E-state index contributed by atoms with van der Waals surface area (Å²) in [7, 11) is 0. The third kappa shape index (κ3) is 2.34. The molecule has 0 spiro atoms. The maximum Gasteiger partial charge on any atom is 0.179 e. The summed E-state index contributed by atoms with van der Waals surface area (Å²) in [6.07, 6.45) is 5.09. The van der Waals surface area contributed by atoms with Crippen LogP contribution in [-0.2, 0) is 9.59 Å². The van der Waals surface area contributed by atoms with Gasteiger partial charge in [-0.3, -0.25) is 9.59 Å². The van der Waals surface area contributed by atoms with E-state index in [0.717, 1.165) is 25.7 Å². The van der Waals surface area contributed by atoms with Crippen molar-refractivity contribution in [3.8, 4) is 0 Å². The summed E-state index contributed by atoms with van der Waals surface area (Å²) in [4.78, 5) is 24.3. The number of halogens is 3. The molecule has 0 unspecified atom stereocenters. The van der Waals surface area contributed by atoms with E-state index in [1.54, 1.807) is 0 Å². The zero-order chi connectivity index (χ0) is 20.7. The van der Waals surface area contributed by atoms with Crippen molar-refractivity contribution in [1.29, 1.82) is 0 Å². The minimum atomic E-state index is -1.45. The molecule has 28 heavy (non-hydrogen) atoms. The number of aliphatic hydroxyl groups is 1. The van der Waals surface area contributed by atoms with E-state index in [0.29, 0.717) is 25.0 Å². The standard InChI is InChI=1S/C22H31Cl3O3/c1-12-8-16-15-5-4-13-9-14(26)6-7-19(13,2)21(15,25)17(24)10-20(16,3)22(12,28)18(27)11-23/h12-13,15-17,28H,4-11H2,1-3H3/t12-,13-,15-,16-,17-,19-,20-,21-,22-/m0/s1. The molecule has 4 fully saturated rings. The second-order valence-corrected chi connectivity index (χ2v) is 11.9. The van der Waals surface area contributed by atoms with Crippen LogP contribution in [0.3, 0.4) is 0 Å². The van der Waals surface area contributed by atoms with Crippen LogP contribution >= 0.6 is 34.8 Å². The van der Waals surface area contributed by atoms with E-state index in [1.165, 1.54) is 0 Å². The van der Waals surface area contributed by atoms with Crippen LogP contribution in [0.2, 0.25) is 0 Å². The first-order valence-electron chi connectivity index (χ1n) is 10.6. The fourth-order valence-electron chi connectivity index (χ4n) is 8.02. The van der Waals surface area contributed by atoms with E-state index < -0.39 is 15.9 Å². The highest BCUT2D eigenvalue weighted by atomic mass is 35.5. The Hall–Kier alpha value is 0.170. The quantitative estimate of drug-likeness (QED) is 0.606. The van der Waals surface area contributed by atoms with Crippen LogP contribution in [0, 0.1) is 34.5 Å². The van der Waals surface area contributed by atoms with E-state index >= 15 is 0 Å². The predicted octanol–water partition coefficient (Wildman–Crippen LogP) is 4.96. The largest absolute Gasteiger partial charge is 0.381 e. The molecule has 158 valence electrons. The summed E-state index contributed by atoms with van der Waals surface area (Å²) in [6, 6.07) is 0. The molecular weight excluding hydrogens is 419 g/mol. The van der Waals surface area contributed by atoms with Gasteiger partial charge in [0.25, 0.3) is 0 Å². The van der Waals surface area contributed by atoms with Crippen LogP contribution in [0.15, 0.2) is 0 Å². The van der Waals surface area contributed by atoms with Crippen molar-refractivity contribution in [1.82, 2.24) is 0 Å². The van der Waals surface area contributed by atoms with E-state index in [2.05, 4.69) is 6.92 Å². The number of carbonyl (C=O) groups is 2. The van der Waals surface area contributed by atoms with E-state index in [9.17, 15) is 14.7 Å². The highest BCUT2D eigenvalue weighted by Gasteiger charge is 2.75. The molecule has 0 aliphatic heterocycles. The van der Waals surface area contributed by atoms with Crippen LogP contribution in [-0.4, -0.2) is 38.4 Å². The van der Waals surface area contributed by atoms with Gasteiger partial charge >= 0.3 is 0 Å². The van der Waals surface area contributed by atoms with Crippen LogP contribution in [0.4, 0.5) is 0 Å². The lowest BCUT2D eigenvalue weighted by atomic mass is 9.43. The Morgan fingerprint density at radius 2 is 1.89 bits per heavy atom. The molecule has 4 rings (SSSR count). The van der Waals surface area contributed by atoms with Gasteiger partial charge in [0.2, 0.25) is 0 Å². The lowest BCUT2D eigenvalue weighted by molar-refractivity contribution is -0.168. The van der Waals surface area contributed by atoms with Crippen molar-refractivity contribution in [2.75, 3.05) is 5.88 Å². The van der Waals surface area contributed by atoms with Crippen molar-refractivity contribution in [2.24, 2.45) is 34.5 Å². The number of fused-ring (bicyclic) bond motifs is 5. The normalized spacial score (nSPS) is 56.0. The van der Waals surface area contributed by atoms with E-state index in [1.807, 2.05) is 13.8 Å². The number of Topliss-reactive ketones (excluding diaryl/α,β-unsaturated/α-hetero) is 2. The monoisotopic (exact) mass is 448 g/mol. The first-order valence-corrected chi connectivity index (χ1v) is 12.0. The van der Waals surface area contributed by atoms with E-state index in [4.69, 9.17) is 34.8 Å². The topological polar surface area (TPSA) is 54.4 Å². The maximum absolute atomic E-state index is 12.8. The Bertz CT molecular complexity index is 713. The number of hydrogen-bond acceptors (Lipinski definition) is 3. The van der Waals surface area contributed by atoms with Crippen LogP contribution < -0.4 is 0 Å². The van der Waals surface area contributed by atoms with Crippen molar-refractivity contribution >= 4 is 46.4 Å². The van der Waals surface area contributed by atoms with Gasteiger partial charge in [0.1, 0.15) is 11.4 Å². The molecule has 0 aromatic heterocycles. The zero-order valence-corrected chi connectivity index (χ0v) is 19.2. The summed E-state index contributed by atoms with van der Waals surface area (Å²) in [5.41, 5.74) is -2.27. The molecule has 1 N–H and O–H groups in total. The number of ketones is 2. The maximum atomic E-state index is 12.8. The molecule has 4 aliphatic carbocycles. The SMILES string of the molecule is C[C@H]1C[C@H]2[C@@H]3CC[C@H]4CC(=O)CC[C@]4(C)[C@@]3(Cl)[C@@H](Cl)C[C@]2(C)[C@@]1(O)C(=O)CCl. The highest BCUT2D eigenvalue weighted by Crippen LogP contribution is 2.73. The van der Waals surface area contributed by atoms with Crippen LogP contribution in [0.5, 0.6) is 0 Å². The van der Waals surface area contributed by atoms with Crippen LogP contribution in [0.1, 0.15) is 65.7 Å². The van der Waals surface area contributed by atoms with Crippen molar-refractivity contribution in [3.05, 3.63) is 0 Å². The van der Waals surface area contributed by atoms with Crippen LogP contribution in [0.25, 0.3) is 0 Å². The fraction of sp³-hybridized carbons (Fsp3) is 0.909. The second kappa shape index (κ2) is 6.58. The van der Waals surface area contributed by atoms with Gasteiger partial charge in [-0.2, -0.15) is 0 Å². The Morgan fingerprint density at radius 3 is 2.54 bits per heavy atom. The number of alkyl halides is 3. The Morgan fingerprint density at radius 1 is 1.21 bits per heavy atom. The molecule has 0 bridgehead atoms. The summed E-state index contributed by atoms with van der Waals surface area (Å²) in [5, 5.41) is 11.3. The van der Waals surface area contributed by atoms with Gasteiger partial charge in [-0.25, -0.2) is 0 Å². The van der Waals surface area contributed by atoms with Gasteiger partial charge in [0, 0.05) is 18.3 Å². The molecule has 0 radical (unpaired) electrons. The highest BCUT2D eigenvalue weighted by molar-refractivity contribution is 6.33. The number of rotatable bonds is 2. The van der Waals surface area contributed by atoms with Gasteiger partial charge < -0.3 is 5.11 Å². The third-order valence-electron chi connectivity index (χ3n) is 9.64. The fourth-order valence-corrected chi connectivity index (χ4v) is 9.54. The molecule has 0 aromatic carbocycles. The third-order valence-corrected chi connectivity index (χ3v) is 11.5. The average molecular weight is 450 g/mol. The summed E-state index contributed by atoms with van der Waals surface area (Å²) >= 11 is 20.5. The summed E-state index contributed by atoms with van der Waals surface area (Å²) < 4.78 is 0. The van der Waals surface area contributed by atoms with E-state index in [-0.39, 0.29) is 46.1 Å². The first-order chi connectivity index (χ1) is 13.0. The molecule has 0 saturated heterocycles. The van der Waals surface area contributed by atoms with Gasteiger partial charge in [0.15, 0.2) is 5.78 Å². The van der Waals surface area contributed by atoms with Gasteiger partial charge in [0.05, 0.1) is 16.1 Å². The Labute approximate surface area is 182 Å². The molecule has 0 heterocycles. The van der Waals surface area contributed by atoms with Crippen molar-refractivity contribution in [2.45, 2.75) is 81.6 Å². The van der Waals surface area contributed by atoms with Crippen molar-refractivity contribution < 1.29 is 14.7 Å². The minimum Gasteiger partial charge on any atom is -0.381 e. The molecule has 4 saturated carbocycles. The van der Waals surface area contributed by atoms with Crippen molar-refractivity contribution in [3.63, 3.8) is 0 Å². The molecule has 4 aliphatic rings. The predicted molar refractivity (Wildman–Crippen MR) is 112 cm³/mol. The molecular formula is C22H31Cl3O3. The lowest BCUT2D eigenvalue weighted by Crippen LogP contribution is -2.69. The summed E-state index contributed by atoms with van der Waals surface area (Å²) in [5.74, 6) is 0.219. The Balaban J connectivity index is 1.79. The van der Waals surface area contributed by atoms with Gasteiger partial charge in [-0.05, 0) is 61.2 Å². The Kier molecular flexibility index (Phi) is 5.03. The minimum absolute atomic E-state index is 0.127. The molecule has 0 amide bonds. The average Bonchev–Trinajstić information content (AvgIpc) is 2.84. The second-order valence-electron chi connectivity index (χ2n) is 10.5. The first kappa shape index (κ1) is 21.4. The molecule has 3 nitrogen and oxygen atoms in total. The van der Waals surface area contributed by atoms with Gasteiger partial charge in [-0.1, -0.05) is 20.8 Å². The molecule has 6 heteroatoms. The smallest absolute Gasteiger partial charge is 0.179 e. The molecule has 0 aromatic rings. The zero-order valence-electron chi connectivity index (χ0n) is 16.9. The summed E-state index contributed by atoms with van der Waals surface area (Å²) in [6.45, 7) is 6.21. The molecule has 9 atom stereocenters. The van der Waals surface area contributed by atoms with Gasteiger partial charge in [-0.15, -0.1) is 34.8 Å². The number of hydrogen-bond donors (Lipinski definition) is 1.